The van der Waals surface area contributed by atoms with Crippen LogP contribution in [0.15, 0.2) is 34.2 Å². The van der Waals surface area contributed by atoms with Crippen molar-refractivity contribution in [2.75, 3.05) is 26.5 Å². The molecule has 3 rings (SSSR count). The zero-order chi connectivity index (χ0) is 21.9. The van der Waals surface area contributed by atoms with Crippen LogP contribution in [-0.2, 0) is 23.2 Å². The summed E-state index contributed by atoms with van der Waals surface area (Å²) < 4.78 is 12.2. The van der Waals surface area contributed by atoms with Gasteiger partial charge >= 0.3 is 0 Å². The Kier molecular flexibility index (Phi) is 6.75. The number of nitrogens with zero attached hydrogens (tertiary/aromatic N) is 2. The van der Waals surface area contributed by atoms with Crippen LogP contribution >= 0.6 is 11.8 Å². The van der Waals surface area contributed by atoms with Gasteiger partial charge in [-0.25, -0.2) is 4.98 Å². The Morgan fingerprint density at radius 3 is 2.63 bits per heavy atom. The van der Waals surface area contributed by atoms with E-state index in [1.807, 2.05) is 39.0 Å². The SMILES string of the molecule is COc1ccc(CCNC(=O)[C@@H]2CSc3nc(C(C)(C)C)cc(=O)n3C2)cc1OC. The summed E-state index contributed by atoms with van der Waals surface area (Å²) in [5, 5.41) is 3.69. The summed E-state index contributed by atoms with van der Waals surface area (Å²) in [5.41, 5.74) is 1.55. The molecule has 1 aromatic heterocycles. The maximum Gasteiger partial charge on any atom is 0.254 e. The number of methoxy groups -OCH3 is 2. The lowest BCUT2D eigenvalue weighted by molar-refractivity contribution is -0.124. The zero-order valence-electron chi connectivity index (χ0n) is 18.2. The van der Waals surface area contributed by atoms with Crippen molar-refractivity contribution in [1.82, 2.24) is 14.9 Å². The number of nitrogens with one attached hydrogen (secondary N) is 1. The summed E-state index contributed by atoms with van der Waals surface area (Å²) in [4.78, 5) is 29.9. The molecule has 0 fully saturated rings. The van der Waals surface area contributed by atoms with Crippen LogP contribution in [-0.4, -0.2) is 42.0 Å². The van der Waals surface area contributed by atoms with Gasteiger partial charge in [-0.2, -0.15) is 0 Å². The van der Waals surface area contributed by atoms with Gasteiger partial charge in [0.25, 0.3) is 5.56 Å². The van der Waals surface area contributed by atoms with Crippen LogP contribution < -0.4 is 20.3 Å². The van der Waals surface area contributed by atoms with Crippen LogP contribution in [0, 0.1) is 5.92 Å². The highest BCUT2D eigenvalue weighted by molar-refractivity contribution is 7.99. The minimum atomic E-state index is -0.257. The molecule has 0 saturated carbocycles. The molecule has 0 radical (unpaired) electrons. The highest BCUT2D eigenvalue weighted by atomic mass is 32.2. The Hall–Kier alpha value is -2.48. The lowest BCUT2D eigenvalue weighted by Gasteiger charge is -2.26. The summed E-state index contributed by atoms with van der Waals surface area (Å²) >= 11 is 1.47. The number of thioether (sulfide) groups is 1. The molecule has 1 amide bonds. The van der Waals surface area contributed by atoms with Gasteiger partial charge in [0, 0.05) is 30.3 Å². The first-order chi connectivity index (χ1) is 14.2. The lowest BCUT2D eigenvalue weighted by Crippen LogP contribution is -2.41. The largest absolute Gasteiger partial charge is 0.493 e. The van der Waals surface area contributed by atoms with Crippen molar-refractivity contribution in [3.8, 4) is 11.5 Å². The maximum absolute atomic E-state index is 12.7. The van der Waals surface area contributed by atoms with Crippen LogP contribution in [0.4, 0.5) is 0 Å². The summed E-state index contributed by atoms with van der Waals surface area (Å²) in [6.45, 7) is 6.98. The Morgan fingerprint density at radius 1 is 1.23 bits per heavy atom. The second-order valence-corrected chi connectivity index (χ2v) is 9.35. The third-order valence-corrected chi connectivity index (χ3v) is 6.23. The van der Waals surface area contributed by atoms with Gasteiger partial charge in [0.2, 0.25) is 5.91 Å². The quantitative estimate of drug-likeness (QED) is 0.708. The highest BCUT2D eigenvalue weighted by Gasteiger charge is 2.28. The molecule has 1 aliphatic rings. The fourth-order valence-corrected chi connectivity index (χ4v) is 4.35. The van der Waals surface area contributed by atoms with Crippen LogP contribution in [0.5, 0.6) is 11.5 Å². The van der Waals surface area contributed by atoms with Crippen molar-refractivity contribution in [3.63, 3.8) is 0 Å². The smallest absolute Gasteiger partial charge is 0.254 e. The molecule has 0 bridgehead atoms. The number of carbonyl (C=O) groups excluding carboxylic acids is 1. The van der Waals surface area contributed by atoms with Crippen molar-refractivity contribution >= 4 is 17.7 Å². The van der Waals surface area contributed by atoms with Gasteiger partial charge in [-0.1, -0.05) is 38.6 Å². The monoisotopic (exact) mass is 431 g/mol. The standard InChI is InChI=1S/C22H29N3O4S/c1-22(2,3)18-11-19(26)25-12-15(13-30-21(25)24-18)20(27)23-9-8-14-6-7-16(28-4)17(10-14)29-5/h6-7,10-11,15H,8-9,12-13H2,1-5H3,(H,23,27)/t15-/m0/s1. The second-order valence-electron chi connectivity index (χ2n) is 8.36. The van der Waals surface area contributed by atoms with Gasteiger partial charge in [-0.3, -0.25) is 14.2 Å². The fraction of sp³-hybridized carbons (Fsp3) is 0.500. The first kappa shape index (κ1) is 22.2. The molecule has 0 unspecified atom stereocenters. The molecule has 1 N–H and O–H groups in total. The number of hydrogen-bond donors (Lipinski definition) is 1. The van der Waals surface area contributed by atoms with Gasteiger partial charge in [0.1, 0.15) is 0 Å². The predicted molar refractivity (Wildman–Crippen MR) is 118 cm³/mol. The van der Waals surface area contributed by atoms with E-state index in [1.165, 1.54) is 11.8 Å². The molecule has 0 aliphatic carbocycles. The van der Waals surface area contributed by atoms with E-state index in [4.69, 9.17) is 9.47 Å². The Labute approximate surface area is 181 Å². The summed E-state index contributed by atoms with van der Waals surface area (Å²) in [6.07, 6.45) is 0.680. The third kappa shape index (κ3) is 4.98. The summed E-state index contributed by atoms with van der Waals surface area (Å²) in [6, 6.07) is 7.31. The number of ether oxygens (including phenoxy) is 2. The van der Waals surface area contributed by atoms with Gasteiger partial charge in [0.15, 0.2) is 16.7 Å². The van der Waals surface area contributed by atoms with Crippen molar-refractivity contribution in [2.45, 2.75) is 44.3 Å². The van der Waals surface area contributed by atoms with Crippen LogP contribution in [0.2, 0.25) is 0 Å². The molecule has 1 aliphatic heterocycles. The molecule has 1 atom stereocenters. The predicted octanol–water partition coefficient (Wildman–Crippen LogP) is 2.64. The van der Waals surface area contributed by atoms with E-state index in [-0.39, 0.29) is 22.8 Å². The molecule has 30 heavy (non-hydrogen) atoms. The van der Waals surface area contributed by atoms with E-state index in [0.717, 1.165) is 11.3 Å². The highest BCUT2D eigenvalue weighted by Crippen LogP contribution is 2.29. The van der Waals surface area contributed by atoms with Crippen molar-refractivity contribution in [1.29, 1.82) is 0 Å². The molecule has 162 valence electrons. The Morgan fingerprint density at radius 2 is 1.97 bits per heavy atom. The average Bonchev–Trinajstić information content (AvgIpc) is 2.72. The number of fused-ring (bicyclic) bond motifs is 1. The van der Waals surface area contributed by atoms with Crippen LogP contribution in [0.1, 0.15) is 32.0 Å². The summed E-state index contributed by atoms with van der Waals surface area (Å²) in [7, 11) is 3.20. The minimum absolute atomic E-state index is 0.0413. The van der Waals surface area contributed by atoms with Gasteiger partial charge < -0.3 is 14.8 Å². The van der Waals surface area contributed by atoms with Crippen molar-refractivity contribution in [2.24, 2.45) is 5.92 Å². The van der Waals surface area contributed by atoms with E-state index in [1.54, 1.807) is 24.9 Å². The minimum Gasteiger partial charge on any atom is -0.493 e. The normalized spacial score (nSPS) is 16.0. The number of hydrogen-bond acceptors (Lipinski definition) is 6. The number of carbonyl (C=O) groups is 1. The van der Waals surface area contributed by atoms with E-state index < -0.39 is 0 Å². The number of rotatable bonds is 6. The lowest BCUT2D eigenvalue weighted by atomic mass is 9.92. The molecule has 2 heterocycles. The number of amides is 1. The molecule has 8 heteroatoms. The van der Waals surface area contributed by atoms with Crippen LogP contribution in [0.3, 0.4) is 0 Å². The molecular weight excluding hydrogens is 402 g/mol. The van der Waals surface area contributed by atoms with E-state index >= 15 is 0 Å². The molecule has 0 spiro atoms. The molecule has 7 nitrogen and oxygen atoms in total. The van der Waals surface area contributed by atoms with Gasteiger partial charge in [-0.15, -0.1) is 0 Å². The fourth-order valence-electron chi connectivity index (χ4n) is 3.26. The number of benzene rings is 1. The second kappa shape index (κ2) is 9.12. The van der Waals surface area contributed by atoms with Crippen LogP contribution in [0.25, 0.3) is 0 Å². The van der Waals surface area contributed by atoms with E-state index in [9.17, 15) is 9.59 Å². The Bertz CT molecular complexity index is 981. The van der Waals surface area contributed by atoms with Crippen molar-refractivity contribution in [3.05, 3.63) is 45.9 Å². The molecular formula is C22H29N3O4S. The van der Waals surface area contributed by atoms with Gasteiger partial charge in [0.05, 0.1) is 25.8 Å². The number of aromatic nitrogens is 2. The maximum atomic E-state index is 12.7. The molecule has 2 aromatic rings. The average molecular weight is 432 g/mol. The van der Waals surface area contributed by atoms with Gasteiger partial charge in [-0.05, 0) is 24.1 Å². The first-order valence-electron chi connectivity index (χ1n) is 9.96. The first-order valence-corrected chi connectivity index (χ1v) is 10.9. The van der Waals surface area contributed by atoms with E-state index in [0.29, 0.717) is 41.9 Å². The third-order valence-electron chi connectivity index (χ3n) is 5.09. The Balaban J connectivity index is 1.60. The topological polar surface area (TPSA) is 82.5 Å². The molecule has 1 aromatic carbocycles. The van der Waals surface area contributed by atoms with E-state index in [2.05, 4.69) is 10.3 Å². The zero-order valence-corrected chi connectivity index (χ0v) is 19.0. The summed E-state index contributed by atoms with van der Waals surface area (Å²) in [5.74, 6) is 1.66. The molecule has 0 saturated heterocycles. The van der Waals surface area contributed by atoms with Crippen molar-refractivity contribution < 1.29 is 14.3 Å².